The smallest absolute Gasteiger partial charge is 0.255 e. The first-order valence-corrected chi connectivity index (χ1v) is 6.68. The van der Waals surface area contributed by atoms with Gasteiger partial charge in [-0.1, -0.05) is 0 Å². The van der Waals surface area contributed by atoms with Crippen molar-refractivity contribution in [1.29, 1.82) is 0 Å². The molecule has 0 aliphatic carbocycles. The minimum Gasteiger partial charge on any atom is -0.495 e. The van der Waals surface area contributed by atoms with E-state index in [-0.39, 0.29) is 5.91 Å². The van der Waals surface area contributed by atoms with Gasteiger partial charge in [0.25, 0.3) is 5.91 Å². The molecule has 0 fully saturated rings. The minimum atomic E-state index is -0.244. The lowest BCUT2D eigenvalue weighted by atomic mass is 10.2. The van der Waals surface area contributed by atoms with Gasteiger partial charge in [0.2, 0.25) is 0 Å². The lowest BCUT2D eigenvalue weighted by Gasteiger charge is -2.09. The third-order valence-corrected chi connectivity index (χ3v) is 3.30. The molecule has 0 spiro atoms. The van der Waals surface area contributed by atoms with Crippen LogP contribution in [-0.2, 0) is 0 Å². The zero-order valence-electron chi connectivity index (χ0n) is 11.1. The van der Waals surface area contributed by atoms with Crippen LogP contribution >= 0.6 is 15.9 Å². The van der Waals surface area contributed by atoms with Crippen LogP contribution in [0.2, 0.25) is 0 Å². The largest absolute Gasteiger partial charge is 0.495 e. The Labute approximate surface area is 125 Å². The molecule has 0 atom stereocenters. The van der Waals surface area contributed by atoms with E-state index in [0.29, 0.717) is 28.5 Å². The maximum atomic E-state index is 12.2. The summed E-state index contributed by atoms with van der Waals surface area (Å²) in [6.45, 7) is 1.79. The Morgan fingerprint density at radius 1 is 1.35 bits per heavy atom. The van der Waals surface area contributed by atoms with E-state index in [1.807, 2.05) is 0 Å². The minimum absolute atomic E-state index is 0.244. The first-order valence-electron chi connectivity index (χ1n) is 5.88. The Morgan fingerprint density at radius 3 is 2.75 bits per heavy atom. The Balaban J connectivity index is 2.23. The number of benzene rings is 1. The molecule has 0 bridgehead atoms. The second-order valence-corrected chi connectivity index (χ2v) is 5.08. The SMILES string of the molecule is COc1cc(NC(=O)c2cc(C)nc(N)c2)ccc1Br. The van der Waals surface area contributed by atoms with Crippen LogP contribution < -0.4 is 15.8 Å². The molecular weight excluding hydrogens is 322 g/mol. The molecule has 0 unspecified atom stereocenters. The van der Waals surface area contributed by atoms with Gasteiger partial charge in [-0.2, -0.15) is 0 Å². The summed E-state index contributed by atoms with van der Waals surface area (Å²) >= 11 is 3.36. The highest BCUT2D eigenvalue weighted by molar-refractivity contribution is 9.10. The molecule has 1 aromatic heterocycles. The van der Waals surface area contributed by atoms with Crippen molar-refractivity contribution in [2.24, 2.45) is 0 Å². The predicted octanol–water partition coefficient (Wildman–Crippen LogP) is 3.00. The fourth-order valence-electron chi connectivity index (χ4n) is 1.77. The summed E-state index contributed by atoms with van der Waals surface area (Å²) in [7, 11) is 1.57. The van der Waals surface area contributed by atoms with Crippen molar-refractivity contribution in [3.63, 3.8) is 0 Å². The molecule has 5 nitrogen and oxygen atoms in total. The molecule has 20 heavy (non-hydrogen) atoms. The van der Waals surface area contributed by atoms with Gasteiger partial charge in [0.1, 0.15) is 11.6 Å². The number of nitrogens with two attached hydrogens (primary N) is 1. The third kappa shape index (κ3) is 3.27. The molecule has 0 saturated heterocycles. The van der Waals surface area contributed by atoms with E-state index in [1.165, 1.54) is 0 Å². The number of pyridine rings is 1. The zero-order chi connectivity index (χ0) is 14.7. The van der Waals surface area contributed by atoms with Crippen LogP contribution in [0.4, 0.5) is 11.5 Å². The van der Waals surface area contributed by atoms with E-state index in [4.69, 9.17) is 10.5 Å². The van der Waals surface area contributed by atoms with Gasteiger partial charge in [-0.25, -0.2) is 4.98 Å². The highest BCUT2D eigenvalue weighted by atomic mass is 79.9. The number of rotatable bonds is 3. The lowest BCUT2D eigenvalue weighted by molar-refractivity contribution is 0.102. The van der Waals surface area contributed by atoms with E-state index in [2.05, 4.69) is 26.2 Å². The molecule has 0 radical (unpaired) electrons. The molecule has 0 aliphatic heterocycles. The number of nitrogens with zero attached hydrogens (tertiary/aromatic N) is 1. The maximum Gasteiger partial charge on any atom is 0.255 e. The van der Waals surface area contributed by atoms with Gasteiger partial charge in [0.05, 0.1) is 11.6 Å². The number of ether oxygens (including phenoxy) is 1. The number of halogens is 1. The number of hydrogen-bond acceptors (Lipinski definition) is 4. The third-order valence-electron chi connectivity index (χ3n) is 2.64. The Hall–Kier alpha value is -2.08. The average molecular weight is 336 g/mol. The van der Waals surface area contributed by atoms with Gasteiger partial charge in [0, 0.05) is 23.0 Å². The molecule has 1 aromatic carbocycles. The van der Waals surface area contributed by atoms with E-state index < -0.39 is 0 Å². The number of anilines is 2. The normalized spacial score (nSPS) is 10.2. The molecule has 1 heterocycles. The zero-order valence-corrected chi connectivity index (χ0v) is 12.7. The van der Waals surface area contributed by atoms with Crippen LogP contribution in [0, 0.1) is 6.92 Å². The molecule has 6 heteroatoms. The van der Waals surface area contributed by atoms with Crippen molar-refractivity contribution in [3.05, 3.63) is 46.1 Å². The summed E-state index contributed by atoms with van der Waals surface area (Å²) in [4.78, 5) is 16.2. The van der Waals surface area contributed by atoms with Crippen LogP contribution in [-0.4, -0.2) is 18.0 Å². The summed E-state index contributed by atoms with van der Waals surface area (Å²) in [6, 6.07) is 8.54. The Bertz CT molecular complexity index is 639. The van der Waals surface area contributed by atoms with Crippen molar-refractivity contribution in [1.82, 2.24) is 4.98 Å². The van der Waals surface area contributed by atoms with Crippen molar-refractivity contribution in [2.45, 2.75) is 6.92 Å². The lowest BCUT2D eigenvalue weighted by Crippen LogP contribution is -2.13. The first kappa shape index (κ1) is 14.3. The van der Waals surface area contributed by atoms with Gasteiger partial charge in [-0.15, -0.1) is 0 Å². The molecule has 0 aliphatic rings. The van der Waals surface area contributed by atoms with Gasteiger partial charge < -0.3 is 15.8 Å². The quantitative estimate of drug-likeness (QED) is 0.903. The van der Waals surface area contributed by atoms with E-state index >= 15 is 0 Å². The van der Waals surface area contributed by atoms with Crippen LogP contribution in [0.5, 0.6) is 5.75 Å². The van der Waals surface area contributed by atoms with Gasteiger partial charge in [-0.05, 0) is 47.1 Å². The molecule has 2 rings (SSSR count). The summed E-state index contributed by atoms with van der Waals surface area (Å²) in [5.41, 5.74) is 7.45. The Kier molecular flexibility index (Phi) is 4.24. The van der Waals surface area contributed by atoms with Crippen molar-refractivity contribution in [3.8, 4) is 5.75 Å². The molecule has 2 aromatic rings. The number of carbonyl (C=O) groups is 1. The highest BCUT2D eigenvalue weighted by Crippen LogP contribution is 2.28. The molecular formula is C14H14BrN3O2. The number of hydrogen-bond donors (Lipinski definition) is 2. The molecule has 104 valence electrons. The van der Waals surface area contributed by atoms with E-state index in [9.17, 15) is 4.79 Å². The number of aryl methyl sites for hydroxylation is 1. The number of methoxy groups -OCH3 is 1. The van der Waals surface area contributed by atoms with Crippen LogP contribution in [0.3, 0.4) is 0 Å². The van der Waals surface area contributed by atoms with Crippen molar-refractivity contribution >= 4 is 33.3 Å². The van der Waals surface area contributed by atoms with Crippen molar-refractivity contribution < 1.29 is 9.53 Å². The van der Waals surface area contributed by atoms with Crippen LogP contribution in [0.15, 0.2) is 34.8 Å². The molecule has 0 saturated carbocycles. The number of nitrogens with one attached hydrogen (secondary N) is 1. The van der Waals surface area contributed by atoms with E-state index in [0.717, 1.165) is 4.47 Å². The fraction of sp³-hybridized carbons (Fsp3) is 0.143. The second kappa shape index (κ2) is 5.92. The topological polar surface area (TPSA) is 77.2 Å². The summed E-state index contributed by atoms with van der Waals surface area (Å²) in [6.07, 6.45) is 0. The summed E-state index contributed by atoms with van der Waals surface area (Å²) < 4.78 is 6.00. The summed E-state index contributed by atoms with van der Waals surface area (Å²) in [5.74, 6) is 0.725. The number of aromatic nitrogens is 1. The number of carbonyl (C=O) groups excluding carboxylic acids is 1. The van der Waals surface area contributed by atoms with Crippen LogP contribution in [0.25, 0.3) is 0 Å². The summed E-state index contributed by atoms with van der Waals surface area (Å²) in [5, 5.41) is 2.79. The van der Waals surface area contributed by atoms with Gasteiger partial charge >= 0.3 is 0 Å². The monoisotopic (exact) mass is 335 g/mol. The van der Waals surface area contributed by atoms with E-state index in [1.54, 1.807) is 44.4 Å². The number of nitrogen functional groups attached to an aromatic ring is 1. The standard InChI is InChI=1S/C14H14BrN3O2/c1-8-5-9(6-13(16)17-8)14(19)18-10-3-4-11(15)12(7-10)20-2/h3-7H,1-2H3,(H2,16,17)(H,18,19). The second-order valence-electron chi connectivity index (χ2n) is 4.23. The van der Waals surface area contributed by atoms with Gasteiger partial charge in [0.15, 0.2) is 0 Å². The first-order chi connectivity index (χ1) is 9.49. The average Bonchev–Trinajstić information content (AvgIpc) is 2.39. The Morgan fingerprint density at radius 2 is 2.10 bits per heavy atom. The molecule has 3 N–H and O–H groups in total. The predicted molar refractivity (Wildman–Crippen MR) is 82.0 cm³/mol. The van der Waals surface area contributed by atoms with Crippen LogP contribution in [0.1, 0.15) is 16.1 Å². The maximum absolute atomic E-state index is 12.2. The number of amides is 1. The van der Waals surface area contributed by atoms with Gasteiger partial charge in [-0.3, -0.25) is 4.79 Å². The fourth-order valence-corrected chi connectivity index (χ4v) is 2.17. The molecule has 1 amide bonds. The van der Waals surface area contributed by atoms with Crippen molar-refractivity contribution in [2.75, 3.05) is 18.2 Å². The highest BCUT2D eigenvalue weighted by Gasteiger charge is 2.09.